The molecule has 1 N–H and O–H groups in total. The van der Waals surface area contributed by atoms with Gasteiger partial charge in [0, 0.05) is 28.7 Å². The zero-order valence-corrected chi connectivity index (χ0v) is 19.8. The Morgan fingerprint density at radius 1 is 0.914 bits per heavy atom. The molecule has 0 spiro atoms. The quantitative estimate of drug-likeness (QED) is 0.397. The van der Waals surface area contributed by atoms with E-state index in [1.165, 1.54) is 6.08 Å². The second kappa shape index (κ2) is 8.14. The normalized spacial score (nSPS) is 31.2. The van der Waals surface area contributed by atoms with Crippen LogP contribution in [-0.2, 0) is 19.2 Å². The Labute approximate surface area is 204 Å². The number of carbonyl (C=O) groups excluding carboxylic acids is 4. The summed E-state index contributed by atoms with van der Waals surface area (Å²) in [5, 5.41) is 9.84. The van der Waals surface area contributed by atoms with Gasteiger partial charge in [-0.3, -0.25) is 24.1 Å². The zero-order chi connectivity index (χ0) is 24.4. The first-order chi connectivity index (χ1) is 16.9. The lowest BCUT2D eigenvalue weighted by molar-refractivity contribution is -0.143. The summed E-state index contributed by atoms with van der Waals surface area (Å²) in [5.74, 6) is -2.01. The summed E-state index contributed by atoms with van der Waals surface area (Å²) in [6.45, 7) is 1.66. The van der Waals surface area contributed by atoms with E-state index in [0.29, 0.717) is 29.6 Å². The van der Waals surface area contributed by atoms with Gasteiger partial charge in [-0.25, -0.2) is 0 Å². The highest BCUT2D eigenvalue weighted by Gasteiger charge is 2.57. The molecular formula is C29H29NO5. The first-order valence-corrected chi connectivity index (χ1v) is 12.7. The Morgan fingerprint density at radius 3 is 2.34 bits per heavy atom. The van der Waals surface area contributed by atoms with Crippen LogP contribution in [0, 0.1) is 17.8 Å². The Hall–Kier alpha value is -3.28. The number of nitrogens with zero attached hydrogens (tertiary/aromatic N) is 1. The van der Waals surface area contributed by atoms with Crippen molar-refractivity contribution >= 4 is 23.4 Å². The summed E-state index contributed by atoms with van der Waals surface area (Å²) < 4.78 is 0. The predicted molar refractivity (Wildman–Crippen MR) is 128 cm³/mol. The SMILES string of the molecule is CC1=CC(=O)C2=C(C[C@@H]3C(=CC[C@@H]4C(=O)N(C5CCCCC5)C(=O)[C@@H]43)[C@@H]2c2ccc(O)cc2)C1=O. The van der Waals surface area contributed by atoms with E-state index in [-0.39, 0.29) is 41.1 Å². The molecule has 6 nitrogen and oxygen atoms in total. The maximum atomic E-state index is 13.8. The molecule has 4 aliphatic carbocycles. The number of hydrogen-bond acceptors (Lipinski definition) is 5. The lowest BCUT2D eigenvalue weighted by Crippen LogP contribution is -2.43. The summed E-state index contributed by atoms with van der Waals surface area (Å²) in [5.41, 5.74) is 3.13. The molecule has 0 unspecified atom stereocenters. The number of benzene rings is 1. The Kier molecular flexibility index (Phi) is 5.17. The van der Waals surface area contributed by atoms with Crippen LogP contribution in [0.4, 0.5) is 0 Å². The van der Waals surface area contributed by atoms with E-state index in [9.17, 15) is 24.3 Å². The molecule has 1 aromatic carbocycles. The smallest absolute Gasteiger partial charge is 0.233 e. The van der Waals surface area contributed by atoms with Crippen molar-refractivity contribution in [3.63, 3.8) is 0 Å². The summed E-state index contributed by atoms with van der Waals surface area (Å²) in [6, 6.07) is 6.69. The fraction of sp³-hybridized carbons (Fsp3) is 0.448. The average molecular weight is 472 g/mol. The van der Waals surface area contributed by atoms with Crippen molar-refractivity contribution in [2.45, 2.75) is 63.8 Å². The average Bonchev–Trinajstić information content (AvgIpc) is 3.12. The van der Waals surface area contributed by atoms with Crippen LogP contribution < -0.4 is 0 Å². The van der Waals surface area contributed by atoms with Gasteiger partial charge in [0.15, 0.2) is 11.6 Å². The summed E-state index contributed by atoms with van der Waals surface area (Å²) in [7, 11) is 0. The van der Waals surface area contributed by atoms with Gasteiger partial charge in [0.25, 0.3) is 0 Å². The predicted octanol–water partition coefficient (Wildman–Crippen LogP) is 4.15. The third-order valence-electron chi connectivity index (χ3n) is 8.76. The maximum Gasteiger partial charge on any atom is 0.233 e. The van der Waals surface area contributed by atoms with Crippen molar-refractivity contribution in [1.82, 2.24) is 4.90 Å². The molecule has 4 atom stereocenters. The van der Waals surface area contributed by atoms with Gasteiger partial charge < -0.3 is 5.11 Å². The van der Waals surface area contributed by atoms with Gasteiger partial charge >= 0.3 is 0 Å². The van der Waals surface area contributed by atoms with Crippen LogP contribution in [0.3, 0.4) is 0 Å². The van der Waals surface area contributed by atoms with Gasteiger partial charge in [-0.2, -0.15) is 0 Å². The van der Waals surface area contributed by atoms with Gasteiger partial charge in [-0.1, -0.05) is 43.0 Å². The van der Waals surface area contributed by atoms with E-state index in [1.54, 1.807) is 36.1 Å². The molecule has 35 heavy (non-hydrogen) atoms. The van der Waals surface area contributed by atoms with Crippen LogP contribution in [0.15, 0.2) is 58.7 Å². The van der Waals surface area contributed by atoms with Crippen molar-refractivity contribution in [2.24, 2.45) is 17.8 Å². The van der Waals surface area contributed by atoms with Gasteiger partial charge in [-0.05, 0) is 62.3 Å². The van der Waals surface area contributed by atoms with Crippen molar-refractivity contribution < 1.29 is 24.3 Å². The van der Waals surface area contributed by atoms with Crippen LogP contribution in [0.25, 0.3) is 0 Å². The first-order valence-electron chi connectivity index (χ1n) is 12.7. The number of rotatable bonds is 2. The molecule has 0 bridgehead atoms. The second-order valence-electron chi connectivity index (χ2n) is 10.7. The molecule has 1 saturated carbocycles. The minimum absolute atomic E-state index is 0.0212. The molecule has 1 heterocycles. The van der Waals surface area contributed by atoms with E-state index in [2.05, 4.69) is 0 Å². The van der Waals surface area contributed by atoms with Crippen molar-refractivity contribution in [3.05, 3.63) is 64.3 Å². The number of phenols is 1. The number of fused-ring (bicyclic) bond motifs is 3. The minimum atomic E-state index is -0.493. The molecule has 0 radical (unpaired) electrons. The largest absolute Gasteiger partial charge is 0.508 e. The fourth-order valence-corrected chi connectivity index (χ4v) is 7.15. The van der Waals surface area contributed by atoms with E-state index >= 15 is 0 Å². The number of allylic oxidation sites excluding steroid dienone is 6. The molecule has 2 amide bonds. The van der Waals surface area contributed by atoms with Crippen LogP contribution in [0.2, 0.25) is 0 Å². The number of likely N-dealkylation sites (tertiary alicyclic amines) is 1. The lowest BCUT2D eigenvalue weighted by atomic mass is 9.59. The molecule has 6 heteroatoms. The molecule has 2 fully saturated rings. The van der Waals surface area contributed by atoms with Gasteiger partial charge in [0.2, 0.25) is 11.8 Å². The Morgan fingerprint density at radius 2 is 1.63 bits per heavy atom. The van der Waals surface area contributed by atoms with Crippen LogP contribution in [0.1, 0.15) is 63.4 Å². The standard InChI is InChI=1S/C29H29NO5/c1-15-13-23(32)26-22(27(15)33)14-21-19(24(26)16-7-9-18(31)10-8-16)11-12-20-25(21)29(35)30(28(20)34)17-5-3-2-4-6-17/h7-11,13,17,20-21,24-25,31H,2-6,12,14H2,1H3/t20-,21+,24-,25-/m0/s1. The van der Waals surface area contributed by atoms with E-state index in [4.69, 9.17) is 0 Å². The van der Waals surface area contributed by atoms with Crippen LogP contribution >= 0.6 is 0 Å². The molecule has 1 saturated heterocycles. The summed E-state index contributed by atoms with van der Waals surface area (Å²) in [4.78, 5) is 55.3. The van der Waals surface area contributed by atoms with Crippen LogP contribution in [0.5, 0.6) is 5.75 Å². The first kappa shape index (κ1) is 22.2. The number of phenolic OH excluding ortho intramolecular Hbond substituents is 1. The monoisotopic (exact) mass is 471 g/mol. The topological polar surface area (TPSA) is 91.8 Å². The van der Waals surface area contributed by atoms with Crippen molar-refractivity contribution in [2.75, 3.05) is 0 Å². The van der Waals surface area contributed by atoms with Crippen molar-refractivity contribution in [1.29, 1.82) is 0 Å². The number of imide groups is 1. The highest BCUT2D eigenvalue weighted by Crippen LogP contribution is 2.55. The number of ketones is 2. The molecule has 180 valence electrons. The number of hydrogen-bond donors (Lipinski definition) is 1. The number of amides is 2. The Bertz CT molecular complexity index is 1240. The lowest BCUT2D eigenvalue weighted by Gasteiger charge is -2.42. The number of aromatic hydroxyl groups is 1. The fourth-order valence-electron chi connectivity index (χ4n) is 7.15. The van der Waals surface area contributed by atoms with Gasteiger partial charge in [0.1, 0.15) is 5.75 Å². The second-order valence-corrected chi connectivity index (χ2v) is 10.7. The van der Waals surface area contributed by atoms with Gasteiger partial charge in [-0.15, -0.1) is 0 Å². The minimum Gasteiger partial charge on any atom is -0.508 e. The summed E-state index contributed by atoms with van der Waals surface area (Å²) in [6.07, 6.45) is 9.18. The highest BCUT2D eigenvalue weighted by atomic mass is 16.3. The molecule has 1 aromatic rings. The molecule has 0 aromatic heterocycles. The highest BCUT2D eigenvalue weighted by molar-refractivity contribution is 6.23. The van der Waals surface area contributed by atoms with Gasteiger partial charge in [0.05, 0.1) is 11.8 Å². The van der Waals surface area contributed by atoms with Crippen LogP contribution in [-0.4, -0.2) is 39.4 Å². The number of Topliss-reactive ketones (excluding diaryl/α,β-unsaturated/α-hetero) is 1. The van der Waals surface area contributed by atoms with E-state index < -0.39 is 17.8 Å². The summed E-state index contributed by atoms with van der Waals surface area (Å²) >= 11 is 0. The molecule has 6 rings (SSSR count). The Balaban J connectivity index is 1.45. The third-order valence-corrected chi connectivity index (χ3v) is 8.76. The maximum absolute atomic E-state index is 13.8. The third kappa shape index (κ3) is 3.29. The van der Waals surface area contributed by atoms with Crippen molar-refractivity contribution in [3.8, 4) is 5.75 Å². The van der Waals surface area contributed by atoms with E-state index in [0.717, 1.165) is 43.2 Å². The molecular weight excluding hydrogens is 442 g/mol. The van der Waals surface area contributed by atoms with E-state index in [1.807, 2.05) is 6.08 Å². The molecule has 5 aliphatic rings. The molecule has 1 aliphatic heterocycles. The zero-order valence-electron chi connectivity index (χ0n) is 19.8. The number of carbonyl (C=O) groups is 4.